The van der Waals surface area contributed by atoms with E-state index in [2.05, 4.69) is 4.37 Å². The smallest absolute Gasteiger partial charge is 0.427 e. The maximum atomic E-state index is 13.8. The van der Waals surface area contributed by atoms with E-state index in [0.717, 1.165) is 5.56 Å². The van der Waals surface area contributed by atoms with Crippen molar-refractivity contribution in [2.75, 3.05) is 0 Å². The van der Waals surface area contributed by atoms with Gasteiger partial charge >= 0.3 is 6.18 Å². The summed E-state index contributed by atoms with van der Waals surface area (Å²) >= 11 is 6.17. The Morgan fingerprint density at radius 3 is 2.46 bits per heavy atom. The van der Waals surface area contributed by atoms with Crippen molar-refractivity contribution in [3.05, 3.63) is 69.3 Å². The predicted molar refractivity (Wildman–Crippen MR) is 93.0 cm³/mol. The van der Waals surface area contributed by atoms with Crippen LogP contribution < -0.4 is 4.74 Å². The van der Waals surface area contributed by atoms with Crippen LogP contribution >= 0.6 is 23.1 Å². The average Bonchev–Trinajstić information content (AvgIpc) is 3.00. The minimum Gasteiger partial charge on any atom is -0.486 e. The summed E-state index contributed by atoms with van der Waals surface area (Å²) < 4.78 is 63.1. The average molecular weight is 402 g/mol. The van der Waals surface area contributed by atoms with Crippen LogP contribution in [0.5, 0.6) is 5.75 Å². The number of ether oxygens (including phenoxy) is 1. The van der Waals surface area contributed by atoms with Gasteiger partial charge in [-0.3, -0.25) is 0 Å². The molecule has 0 amide bonds. The molecule has 0 radical (unpaired) electrons. The van der Waals surface area contributed by atoms with Gasteiger partial charge in [0.25, 0.3) is 0 Å². The van der Waals surface area contributed by atoms with E-state index in [9.17, 15) is 17.6 Å². The van der Waals surface area contributed by atoms with E-state index in [1.807, 2.05) is 0 Å². The lowest BCUT2D eigenvalue weighted by molar-refractivity contribution is -0.135. The second-order valence-electron chi connectivity index (χ2n) is 5.57. The Hall–Kier alpha value is -2.12. The van der Waals surface area contributed by atoms with E-state index < -0.39 is 23.5 Å². The van der Waals surface area contributed by atoms with E-state index in [1.165, 1.54) is 12.1 Å². The monoisotopic (exact) mass is 401 g/mol. The van der Waals surface area contributed by atoms with E-state index >= 15 is 0 Å². The van der Waals surface area contributed by atoms with Gasteiger partial charge in [0.05, 0.1) is 5.69 Å². The molecule has 0 saturated carbocycles. The summed E-state index contributed by atoms with van der Waals surface area (Å²) in [7, 11) is 0. The van der Waals surface area contributed by atoms with Crippen molar-refractivity contribution in [3.63, 3.8) is 0 Å². The van der Waals surface area contributed by atoms with Gasteiger partial charge in [0, 0.05) is 16.1 Å². The van der Waals surface area contributed by atoms with Gasteiger partial charge in [0.2, 0.25) is 0 Å². The fraction of sp³-hybridized carbons (Fsp3) is 0.167. The third kappa shape index (κ3) is 3.99. The summed E-state index contributed by atoms with van der Waals surface area (Å²) in [5.74, 6) is -0.744. The largest absolute Gasteiger partial charge is 0.486 e. The van der Waals surface area contributed by atoms with Gasteiger partial charge in [-0.15, -0.1) is 0 Å². The van der Waals surface area contributed by atoms with Crippen LogP contribution in [0.4, 0.5) is 17.6 Å². The van der Waals surface area contributed by atoms with Gasteiger partial charge in [-0.1, -0.05) is 29.8 Å². The van der Waals surface area contributed by atoms with Gasteiger partial charge in [-0.05, 0) is 48.3 Å². The topological polar surface area (TPSA) is 22.1 Å². The van der Waals surface area contributed by atoms with Crippen LogP contribution in [0.1, 0.15) is 16.0 Å². The zero-order chi connectivity index (χ0) is 18.9. The second-order valence-corrected chi connectivity index (χ2v) is 6.78. The van der Waals surface area contributed by atoms with Crippen LogP contribution in [-0.2, 0) is 12.8 Å². The fourth-order valence-corrected chi connectivity index (χ4v) is 3.27. The Kier molecular flexibility index (Phi) is 5.20. The Bertz CT molecular complexity index is 922. The van der Waals surface area contributed by atoms with E-state index in [1.54, 1.807) is 37.3 Å². The number of rotatable bonds is 4. The Labute approximate surface area is 156 Å². The number of hydrogen-bond acceptors (Lipinski definition) is 3. The van der Waals surface area contributed by atoms with Gasteiger partial charge in [0.1, 0.15) is 11.5 Å². The summed E-state index contributed by atoms with van der Waals surface area (Å²) in [5.41, 5.74) is 1.22. The van der Waals surface area contributed by atoms with Crippen molar-refractivity contribution in [2.24, 2.45) is 0 Å². The standard InChI is InChI=1S/C18H12ClF4NOS/c1-10-2-7-14(20)15(8-10)25-9-13-16(11-3-5-12(19)6-4-11)24-26-17(13)18(21,22)23/h2-8H,9H2,1H3. The minimum absolute atomic E-state index is 0.105. The highest BCUT2D eigenvalue weighted by Crippen LogP contribution is 2.40. The molecule has 0 saturated heterocycles. The number of benzene rings is 2. The number of alkyl halides is 3. The first-order valence-electron chi connectivity index (χ1n) is 7.46. The molecule has 0 N–H and O–H groups in total. The molecule has 0 spiro atoms. The predicted octanol–water partition coefficient (Wildman–Crippen LogP) is 6.51. The van der Waals surface area contributed by atoms with Crippen molar-refractivity contribution in [3.8, 4) is 17.0 Å². The van der Waals surface area contributed by atoms with Crippen molar-refractivity contribution >= 4 is 23.1 Å². The van der Waals surface area contributed by atoms with Gasteiger partial charge in [-0.2, -0.15) is 17.5 Å². The lowest BCUT2D eigenvalue weighted by Gasteiger charge is -2.12. The molecule has 0 fully saturated rings. The Morgan fingerprint density at radius 2 is 1.81 bits per heavy atom. The SMILES string of the molecule is Cc1ccc(F)c(OCc2c(-c3ccc(Cl)cc3)nsc2C(F)(F)F)c1. The molecule has 26 heavy (non-hydrogen) atoms. The maximum Gasteiger partial charge on any atom is 0.427 e. The number of nitrogens with zero attached hydrogens (tertiary/aromatic N) is 1. The first-order chi connectivity index (χ1) is 12.3. The molecule has 0 unspecified atom stereocenters. The molecule has 136 valence electrons. The molecule has 0 aliphatic carbocycles. The zero-order valence-corrected chi connectivity index (χ0v) is 15.0. The molecule has 0 atom stereocenters. The normalized spacial score (nSPS) is 11.6. The van der Waals surface area contributed by atoms with Crippen LogP contribution in [0.25, 0.3) is 11.3 Å². The third-order valence-corrected chi connectivity index (χ3v) is 4.81. The molecule has 1 heterocycles. The Balaban J connectivity index is 1.99. The highest BCUT2D eigenvalue weighted by Gasteiger charge is 2.38. The molecule has 3 aromatic rings. The van der Waals surface area contributed by atoms with Crippen molar-refractivity contribution in [1.82, 2.24) is 4.37 Å². The molecule has 1 aromatic heterocycles. The van der Waals surface area contributed by atoms with Crippen LogP contribution in [0.2, 0.25) is 5.02 Å². The van der Waals surface area contributed by atoms with Crippen LogP contribution in [-0.4, -0.2) is 4.37 Å². The van der Waals surface area contributed by atoms with Gasteiger partial charge < -0.3 is 4.74 Å². The summed E-state index contributed by atoms with van der Waals surface area (Å²) in [6, 6.07) is 10.5. The lowest BCUT2D eigenvalue weighted by atomic mass is 10.1. The van der Waals surface area contributed by atoms with Crippen molar-refractivity contribution in [2.45, 2.75) is 19.7 Å². The molecule has 2 nitrogen and oxygen atoms in total. The highest BCUT2D eigenvalue weighted by atomic mass is 35.5. The first-order valence-corrected chi connectivity index (χ1v) is 8.61. The molecule has 2 aromatic carbocycles. The zero-order valence-electron chi connectivity index (χ0n) is 13.4. The van der Waals surface area contributed by atoms with Gasteiger partial charge in [-0.25, -0.2) is 4.39 Å². The van der Waals surface area contributed by atoms with E-state index in [0.29, 0.717) is 22.1 Å². The minimum atomic E-state index is -4.58. The number of aromatic nitrogens is 1. The molecule has 0 bridgehead atoms. The van der Waals surface area contributed by atoms with Crippen molar-refractivity contribution in [1.29, 1.82) is 0 Å². The number of aryl methyl sites for hydroxylation is 1. The van der Waals surface area contributed by atoms with E-state index in [4.69, 9.17) is 16.3 Å². The fourth-order valence-electron chi connectivity index (χ4n) is 2.37. The highest BCUT2D eigenvalue weighted by molar-refractivity contribution is 7.06. The van der Waals surface area contributed by atoms with Crippen LogP contribution in [0.3, 0.4) is 0 Å². The summed E-state index contributed by atoms with van der Waals surface area (Å²) in [4.78, 5) is -0.865. The number of halogens is 5. The number of hydrogen-bond donors (Lipinski definition) is 0. The molecule has 0 aliphatic rings. The van der Waals surface area contributed by atoms with Crippen LogP contribution in [0, 0.1) is 12.7 Å². The molecule has 8 heteroatoms. The summed E-state index contributed by atoms with van der Waals surface area (Å²) in [5, 5.41) is 0.458. The third-order valence-electron chi connectivity index (χ3n) is 3.62. The molecule has 3 rings (SSSR count). The molecular weight excluding hydrogens is 390 g/mol. The second kappa shape index (κ2) is 7.25. The van der Waals surface area contributed by atoms with Gasteiger partial charge in [0.15, 0.2) is 11.6 Å². The van der Waals surface area contributed by atoms with Crippen LogP contribution in [0.15, 0.2) is 42.5 Å². The maximum absolute atomic E-state index is 13.8. The first kappa shape index (κ1) is 18.7. The summed E-state index contributed by atoms with van der Waals surface area (Å²) in [6.07, 6.45) is -4.58. The quantitative estimate of drug-likeness (QED) is 0.465. The summed E-state index contributed by atoms with van der Waals surface area (Å²) in [6.45, 7) is 1.28. The molecule has 0 aliphatic heterocycles. The Morgan fingerprint density at radius 1 is 1.12 bits per heavy atom. The van der Waals surface area contributed by atoms with Crippen molar-refractivity contribution < 1.29 is 22.3 Å². The van der Waals surface area contributed by atoms with E-state index in [-0.39, 0.29) is 17.0 Å². The lowest BCUT2D eigenvalue weighted by Crippen LogP contribution is -2.09. The molecular formula is C18H12ClF4NOS.